The smallest absolute Gasteiger partial charge is 0.276 e. The van der Waals surface area contributed by atoms with Crippen molar-refractivity contribution in [3.05, 3.63) is 81.8 Å². The van der Waals surface area contributed by atoms with Crippen molar-refractivity contribution in [3.63, 3.8) is 0 Å². The van der Waals surface area contributed by atoms with Crippen LogP contribution in [-0.4, -0.2) is 20.0 Å². The molecule has 3 aromatic rings. The van der Waals surface area contributed by atoms with Crippen LogP contribution in [0, 0.1) is 12.7 Å². The van der Waals surface area contributed by atoms with Gasteiger partial charge in [0.25, 0.3) is 15.9 Å². The summed E-state index contributed by atoms with van der Waals surface area (Å²) >= 11 is 1.49. The number of nitrogens with zero attached hydrogens (tertiary/aromatic N) is 1. The average Bonchev–Trinajstić information content (AvgIpc) is 3.13. The highest BCUT2D eigenvalue weighted by Gasteiger charge is 2.13. The van der Waals surface area contributed by atoms with Gasteiger partial charge in [0.1, 0.15) is 5.82 Å². The van der Waals surface area contributed by atoms with E-state index in [0.717, 1.165) is 29.1 Å². The first kappa shape index (κ1) is 20.7. The Kier molecular flexibility index (Phi) is 6.09. The molecule has 0 unspecified atom stereocenters. The molecule has 0 saturated heterocycles. The number of rotatable bonds is 6. The summed E-state index contributed by atoms with van der Waals surface area (Å²) in [4.78, 5) is 15.4. The van der Waals surface area contributed by atoms with Crippen molar-refractivity contribution in [2.24, 2.45) is 5.10 Å². The summed E-state index contributed by atoms with van der Waals surface area (Å²) < 4.78 is 37.5. The first-order chi connectivity index (χ1) is 13.7. The van der Waals surface area contributed by atoms with Crippen molar-refractivity contribution in [1.29, 1.82) is 0 Å². The molecule has 0 radical (unpaired) electrons. The second kappa shape index (κ2) is 8.54. The summed E-state index contributed by atoms with van der Waals surface area (Å²) in [5, 5.41) is 8.51. The van der Waals surface area contributed by atoms with Gasteiger partial charge in [-0.15, -0.1) is 11.3 Å². The molecule has 9 heteroatoms. The average molecular weight is 432 g/mol. The minimum Gasteiger partial charge on any atom is -0.322 e. The lowest BCUT2D eigenvalue weighted by atomic mass is 10.1. The molecule has 0 aliphatic carbocycles. The Labute approximate surface area is 172 Å². The molecule has 1 heterocycles. The summed E-state index contributed by atoms with van der Waals surface area (Å²) in [6, 6.07) is 13.2. The molecular weight excluding hydrogens is 413 g/mol. The summed E-state index contributed by atoms with van der Waals surface area (Å²) in [5.74, 6) is -0.752. The van der Waals surface area contributed by atoms with Gasteiger partial charge in [-0.25, -0.2) is 4.39 Å². The molecule has 29 heavy (non-hydrogen) atoms. The van der Waals surface area contributed by atoms with Crippen LogP contribution in [0.2, 0.25) is 0 Å². The van der Waals surface area contributed by atoms with Gasteiger partial charge in [-0.3, -0.25) is 4.79 Å². The van der Waals surface area contributed by atoms with Crippen molar-refractivity contribution in [2.45, 2.75) is 18.7 Å². The van der Waals surface area contributed by atoms with Crippen LogP contribution in [0.1, 0.15) is 27.7 Å². The highest BCUT2D eigenvalue weighted by molar-refractivity contribution is 7.89. The van der Waals surface area contributed by atoms with Crippen LogP contribution in [0.15, 0.2) is 70.0 Å². The van der Waals surface area contributed by atoms with Crippen LogP contribution >= 0.6 is 11.3 Å². The first-order valence-corrected chi connectivity index (χ1v) is 10.9. The summed E-state index contributed by atoms with van der Waals surface area (Å²) in [7, 11) is -3.92. The Balaban J connectivity index is 1.73. The number of hydrazone groups is 1. The predicted molar refractivity (Wildman–Crippen MR) is 112 cm³/mol. The molecule has 1 aromatic heterocycles. The van der Waals surface area contributed by atoms with E-state index in [4.69, 9.17) is 0 Å². The molecule has 0 bridgehead atoms. The van der Waals surface area contributed by atoms with E-state index in [0.29, 0.717) is 22.5 Å². The number of amides is 1. The maximum Gasteiger partial charge on any atom is 0.276 e. The van der Waals surface area contributed by atoms with Crippen LogP contribution in [0.3, 0.4) is 0 Å². The van der Waals surface area contributed by atoms with Gasteiger partial charge in [0.15, 0.2) is 0 Å². The van der Waals surface area contributed by atoms with Crippen LogP contribution in [-0.2, 0) is 10.0 Å². The van der Waals surface area contributed by atoms with Crippen molar-refractivity contribution in [3.8, 4) is 0 Å². The van der Waals surface area contributed by atoms with Crippen molar-refractivity contribution in [1.82, 2.24) is 4.83 Å². The Bertz CT molecular complexity index is 1170. The Morgan fingerprint density at radius 2 is 1.79 bits per heavy atom. The van der Waals surface area contributed by atoms with E-state index in [2.05, 4.69) is 15.2 Å². The number of sulfonamides is 1. The van der Waals surface area contributed by atoms with Gasteiger partial charge in [-0.05, 0) is 61.9 Å². The second-order valence-corrected chi connectivity index (χ2v) is 9.00. The standard InChI is InChI=1S/C20H18FN3O3S2/c1-13-10-16(12-28-13)20(25)22-18-5-3-4-15(11-18)14(2)23-24-29(26,27)19-8-6-17(21)7-9-19/h3-12,24H,1-2H3,(H,22,25). The van der Waals surface area contributed by atoms with E-state index in [1.165, 1.54) is 11.3 Å². The molecule has 0 spiro atoms. The van der Waals surface area contributed by atoms with Crippen molar-refractivity contribution < 1.29 is 17.6 Å². The van der Waals surface area contributed by atoms with Gasteiger partial charge in [-0.1, -0.05) is 12.1 Å². The van der Waals surface area contributed by atoms with E-state index < -0.39 is 15.8 Å². The van der Waals surface area contributed by atoms with Gasteiger partial charge >= 0.3 is 0 Å². The van der Waals surface area contributed by atoms with Gasteiger partial charge < -0.3 is 5.32 Å². The zero-order valence-electron chi connectivity index (χ0n) is 15.6. The topological polar surface area (TPSA) is 87.6 Å². The lowest BCUT2D eigenvalue weighted by Crippen LogP contribution is -2.20. The zero-order chi connectivity index (χ0) is 21.0. The SMILES string of the molecule is CC(=NNS(=O)(=O)c1ccc(F)cc1)c1cccc(NC(=O)c2csc(C)c2)c1. The number of benzene rings is 2. The number of anilines is 1. The number of halogens is 1. The van der Waals surface area contributed by atoms with E-state index in [1.54, 1.807) is 42.6 Å². The second-order valence-electron chi connectivity index (χ2n) is 6.23. The lowest BCUT2D eigenvalue weighted by Gasteiger charge is -2.08. The fourth-order valence-electron chi connectivity index (χ4n) is 2.45. The first-order valence-electron chi connectivity index (χ1n) is 8.53. The highest BCUT2D eigenvalue weighted by atomic mass is 32.2. The fourth-order valence-corrected chi connectivity index (χ4v) is 3.99. The molecule has 6 nitrogen and oxygen atoms in total. The highest BCUT2D eigenvalue weighted by Crippen LogP contribution is 2.17. The Morgan fingerprint density at radius 3 is 2.45 bits per heavy atom. The van der Waals surface area contributed by atoms with E-state index >= 15 is 0 Å². The summed E-state index contributed by atoms with van der Waals surface area (Å²) in [6.07, 6.45) is 0. The lowest BCUT2D eigenvalue weighted by molar-refractivity contribution is 0.102. The maximum atomic E-state index is 13.0. The van der Waals surface area contributed by atoms with E-state index in [-0.39, 0.29) is 10.8 Å². The molecule has 3 rings (SSSR count). The Morgan fingerprint density at radius 1 is 1.07 bits per heavy atom. The van der Waals surface area contributed by atoms with Gasteiger partial charge in [0.05, 0.1) is 16.2 Å². The monoisotopic (exact) mass is 431 g/mol. The predicted octanol–water partition coefficient (Wildman–Crippen LogP) is 4.15. The van der Waals surface area contributed by atoms with Crippen molar-refractivity contribution in [2.75, 3.05) is 5.32 Å². The molecule has 0 aliphatic heterocycles. The summed E-state index contributed by atoms with van der Waals surface area (Å²) in [6.45, 7) is 3.56. The third-order valence-electron chi connectivity index (χ3n) is 3.99. The van der Waals surface area contributed by atoms with Crippen LogP contribution < -0.4 is 10.1 Å². The number of carbonyl (C=O) groups is 1. The minimum absolute atomic E-state index is 0.0949. The fraction of sp³-hybridized carbons (Fsp3) is 0.100. The molecular formula is C20H18FN3O3S2. The molecule has 150 valence electrons. The molecule has 0 saturated carbocycles. The van der Waals surface area contributed by atoms with Crippen LogP contribution in [0.4, 0.5) is 10.1 Å². The molecule has 0 aliphatic rings. The van der Waals surface area contributed by atoms with E-state index in [9.17, 15) is 17.6 Å². The normalized spacial score (nSPS) is 11.9. The third kappa shape index (κ3) is 5.27. The largest absolute Gasteiger partial charge is 0.322 e. The molecule has 0 fully saturated rings. The zero-order valence-corrected chi connectivity index (χ0v) is 17.3. The summed E-state index contributed by atoms with van der Waals surface area (Å²) in [5.41, 5.74) is 2.17. The number of carbonyl (C=O) groups excluding carboxylic acids is 1. The van der Waals surface area contributed by atoms with Crippen molar-refractivity contribution >= 4 is 38.7 Å². The number of hydrogen-bond donors (Lipinski definition) is 2. The molecule has 0 atom stereocenters. The van der Waals surface area contributed by atoms with Crippen LogP contribution in [0.25, 0.3) is 0 Å². The third-order valence-corrected chi connectivity index (χ3v) is 6.07. The van der Waals surface area contributed by atoms with E-state index in [1.807, 2.05) is 6.92 Å². The quantitative estimate of drug-likeness (QED) is 0.454. The number of thiophene rings is 1. The molecule has 2 N–H and O–H groups in total. The maximum absolute atomic E-state index is 13.0. The molecule has 2 aromatic carbocycles. The number of hydrogen-bond acceptors (Lipinski definition) is 5. The number of aryl methyl sites for hydroxylation is 1. The number of nitrogens with one attached hydrogen (secondary N) is 2. The van der Waals surface area contributed by atoms with Gasteiger partial charge in [0.2, 0.25) is 0 Å². The Hall–Kier alpha value is -3.04. The van der Waals surface area contributed by atoms with Gasteiger partial charge in [0, 0.05) is 15.9 Å². The minimum atomic E-state index is -3.92. The molecule has 1 amide bonds. The van der Waals surface area contributed by atoms with Gasteiger partial charge in [-0.2, -0.15) is 18.4 Å². The van der Waals surface area contributed by atoms with Crippen LogP contribution in [0.5, 0.6) is 0 Å².